The highest BCUT2D eigenvalue weighted by Gasteiger charge is 2.43. The van der Waals surface area contributed by atoms with E-state index in [1.165, 1.54) is 6.42 Å². The number of methoxy groups -OCH3 is 1. The van der Waals surface area contributed by atoms with E-state index in [0.29, 0.717) is 5.92 Å². The minimum absolute atomic E-state index is 0.275. The molecule has 1 aromatic heterocycles. The number of hydrogen-bond acceptors (Lipinski definition) is 5. The topological polar surface area (TPSA) is 74.2 Å². The molecule has 5 heteroatoms. The zero-order chi connectivity index (χ0) is 13.7. The normalized spacial score (nSPS) is 19.1. The summed E-state index contributed by atoms with van der Waals surface area (Å²) in [5.41, 5.74) is 5.34. The highest BCUT2D eigenvalue weighted by atomic mass is 16.5. The summed E-state index contributed by atoms with van der Waals surface area (Å²) in [5, 5.41) is 4.10. The van der Waals surface area contributed by atoms with Gasteiger partial charge in [0.25, 0.3) is 0 Å². The minimum Gasteiger partial charge on any atom is -0.370 e. The first-order valence-corrected chi connectivity index (χ1v) is 7.32. The van der Waals surface area contributed by atoms with Gasteiger partial charge in [0.2, 0.25) is 11.7 Å². The Hall–Kier alpha value is -0.940. The Balaban J connectivity index is 1.90. The van der Waals surface area contributed by atoms with Crippen LogP contribution in [0.1, 0.15) is 57.2 Å². The molecule has 1 aliphatic rings. The predicted molar refractivity (Wildman–Crippen MR) is 72.6 cm³/mol. The molecule has 2 rings (SSSR count). The molecule has 1 fully saturated rings. The summed E-state index contributed by atoms with van der Waals surface area (Å²) < 4.78 is 10.9. The van der Waals surface area contributed by atoms with Gasteiger partial charge < -0.3 is 15.0 Å². The highest BCUT2D eigenvalue weighted by Crippen LogP contribution is 2.42. The molecule has 0 bridgehead atoms. The molecule has 5 nitrogen and oxygen atoms in total. The Bertz CT molecular complexity index is 382. The number of aromatic nitrogens is 2. The first kappa shape index (κ1) is 14.5. The third-order valence-corrected chi connectivity index (χ3v) is 4.35. The second kappa shape index (κ2) is 6.48. The SMILES string of the molecule is CCC(CCN)CCc1nc(C2(OC)CCC2)no1. The van der Waals surface area contributed by atoms with Crippen molar-refractivity contribution in [1.82, 2.24) is 10.1 Å². The van der Waals surface area contributed by atoms with Crippen molar-refractivity contribution in [3.05, 3.63) is 11.7 Å². The van der Waals surface area contributed by atoms with Crippen molar-refractivity contribution in [2.24, 2.45) is 11.7 Å². The largest absolute Gasteiger partial charge is 0.370 e. The second-order valence-electron chi connectivity index (χ2n) is 5.45. The van der Waals surface area contributed by atoms with Gasteiger partial charge in [-0.2, -0.15) is 4.98 Å². The summed E-state index contributed by atoms with van der Waals surface area (Å²) in [5.74, 6) is 2.11. The van der Waals surface area contributed by atoms with Crippen LogP contribution < -0.4 is 5.73 Å². The fourth-order valence-electron chi connectivity index (χ4n) is 2.67. The van der Waals surface area contributed by atoms with Crippen molar-refractivity contribution < 1.29 is 9.26 Å². The zero-order valence-corrected chi connectivity index (χ0v) is 12.0. The average molecular weight is 267 g/mol. The van der Waals surface area contributed by atoms with Gasteiger partial charge >= 0.3 is 0 Å². The van der Waals surface area contributed by atoms with Crippen LogP contribution in [0.25, 0.3) is 0 Å². The van der Waals surface area contributed by atoms with E-state index in [9.17, 15) is 0 Å². The molecule has 1 aliphatic carbocycles. The first-order chi connectivity index (χ1) is 9.24. The van der Waals surface area contributed by atoms with E-state index in [4.69, 9.17) is 15.0 Å². The van der Waals surface area contributed by atoms with Crippen molar-refractivity contribution in [2.45, 2.75) is 57.5 Å². The van der Waals surface area contributed by atoms with Crippen LogP contribution in [0.2, 0.25) is 0 Å². The van der Waals surface area contributed by atoms with Crippen molar-refractivity contribution in [3.63, 3.8) is 0 Å². The van der Waals surface area contributed by atoms with Crippen molar-refractivity contribution in [1.29, 1.82) is 0 Å². The van der Waals surface area contributed by atoms with Gasteiger partial charge in [0, 0.05) is 13.5 Å². The number of nitrogens with two attached hydrogens (primary N) is 1. The molecule has 19 heavy (non-hydrogen) atoms. The summed E-state index contributed by atoms with van der Waals surface area (Å²) >= 11 is 0. The van der Waals surface area contributed by atoms with E-state index in [1.54, 1.807) is 7.11 Å². The van der Waals surface area contributed by atoms with Crippen LogP contribution in [0.3, 0.4) is 0 Å². The van der Waals surface area contributed by atoms with Crippen LogP contribution in [-0.2, 0) is 16.8 Å². The quantitative estimate of drug-likeness (QED) is 0.783. The molecule has 0 aromatic carbocycles. The third-order valence-electron chi connectivity index (χ3n) is 4.35. The van der Waals surface area contributed by atoms with Gasteiger partial charge in [-0.15, -0.1) is 0 Å². The van der Waals surface area contributed by atoms with E-state index < -0.39 is 0 Å². The molecular formula is C14H25N3O2. The van der Waals surface area contributed by atoms with Crippen molar-refractivity contribution in [2.75, 3.05) is 13.7 Å². The standard InChI is InChI=1S/C14H25N3O2/c1-3-11(7-10-15)5-6-12-16-13(17-19-12)14(18-2)8-4-9-14/h11H,3-10,15H2,1-2H3. The molecule has 0 aliphatic heterocycles. The lowest BCUT2D eigenvalue weighted by Crippen LogP contribution is -2.37. The average Bonchev–Trinajstić information content (AvgIpc) is 2.83. The summed E-state index contributed by atoms with van der Waals surface area (Å²) in [6.07, 6.45) is 7.28. The fourth-order valence-corrected chi connectivity index (χ4v) is 2.67. The van der Waals surface area contributed by atoms with Gasteiger partial charge in [-0.1, -0.05) is 18.5 Å². The summed E-state index contributed by atoms with van der Waals surface area (Å²) in [6, 6.07) is 0. The number of rotatable bonds is 8. The van der Waals surface area contributed by atoms with E-state index in [2.05, 4.69) is 17.1 Å². The molecule has 1 atom stereocenters. The first-order valence-electron chi connectivity index (χ1n) is 7.32. The predicted octanol–water partition coefficient (Wildman–Crippen LogP) is 2.40. The molecule has 0 saturated heterocycles. The summed E-state index contributed by atoms with van der Waals surface area (Å²) in [4.78, 5) is 4.51. The summed E-state index contributed by atoms with van der Waals surface area (Å²) in [7, 11) is 1.73. The Kier molecular flexibility index (Phi) is 4.93. The Morgan fingerprint density at radius 2 is 2.21 bits per heavy atom. The van der Waals surface area contributed by atoms with Crippen molar-refractivity contribution >= 4 is 0 Å². The molecule has 1 unspecified atom stereocenters. The van der Waals surface area contributed by atoms with Gasteiger partial charge in [0.05, 0.1) is 0 Å². The monoisotopic (exact) mass is 267 g/mol. The lowest BCUT2D eigenvalue weighted by atomic mass is 9.79. The molecule has 0 radical (unpaired) electrons. The Labute approximate surface area is 114 Å². The van der Waals surface area contributed by atoms with Crippen LogP contribution in [0.15, 0.2) is 4.52 Å². The second-order valence-corrected chi connectivity index (χ2v) is 5.45. The molecular weight excluding hydrogens is 242 g/mol. The maximum absolute atomic E-state index is 5.61. The van der Waals surface area contributed by atoms with E-state index in [0.717, 1.165) is 56.8 Å². The molecule has 2 N–H and O–H groups in total. The van der Waals surface area contributed by atoms with Crippen LogP contribution in [-0.4, -0.2) is 23.8 Å². The van der Waals surface area contributed by atoms with Crippen LogP contribution in [0.5, 0.6) is 0 Å². The minimum atomic E-state index is -0.275. The summed E-state index contributed by atoms with van der Waals surface area (Å²) in [6.45, 7) is 2.95. The maximum Gasteiger partial charge on any atom is 0.226 e. The number of hydrogen-bond donors (Lipinski definition) is 1. The van der Waals surface area contributed by atoms with Gasteiger partial charge in [-0.25, -0.2) is 0 Å². The van der Waals surface area contributed by atoms with Gasteiger partial charge in [0.1, 0.15) is 5.60 Å². The van der Waals surface area contributed by atoms with Crippen LogP contribution in [0.4, 0.5) is 0 Å². The Morgan fingerprint density at radius 1 is 1.42 bits per heavy atom. The number of ether oxygens (including phenoxy) is 1. The molecule has 108 valence electrons. The van der Waals surface area contributed by atoms with Gasteiger partial charge in [-0.3, -0.25) is 0 Å². The third kappa shape index (κ3) is 3.15. The lowest BCUT2D eigenvalue weighted by Gasteiger charge is -2.37. The van der Waals surface area contributed by atoms with E-state index >= 15 is 0 Å². The zero-order valence-electron chi connectivity index (χ0n) is 12.0. The van der Waals surface area contributed by atoms with Crippen LogP contribution >= 0.6 is 0 Å². The van der Waals surface area contributed by atoms with Gasteiger partial charge in [0.15, 0.2) is 0 Å². The molecule has 1 heterocycles. The van der Waals surface area contributed by atoms with Crippen LogP contribution in [0, 0.1) is 5.92 Å². The van der Waals surface area contributed by atoms with Crippen molar-refractivity contribution in [3.8, 4) is 0 Å². The number of aryl methyl sites for hydroxylation is 1. The molecule has 0 amide bonds. The molecule has 1 saturated carbocycles. The van der Waals surface area contributed by atoms with Gasteiger partial charge in [-0.05, 0) is 44.6 Å². The Morgan fingerprint density at radius 3 is 2.74 bits per heavy atom. The fraction of sp³-hybridized carbons (Fsp3) is 0.857. The van der Waals surface area contributed by atoms with E-state index in [-0.39, 0.29) is 5.60 Å². The number of nitrogens with zero attached hydrogens (tertiary/aromatic N) is 2. The molecule has 0 spiro atoms. The van der Waals surface area contributed by atoms with E-state index in [1.807, 2.05) is 0 Å². The highest BCUT2D eigenvalue weighted by molar-refractivity contribution is 5.06. The maximum atomic E-state index is 5.61. The lowest BCUT2D eigenvalue weighted by molar-refractivity contribution is -0.0858. The molecule has 1 aromatic rings. The smallest absolute Gasteiger partial charge is 0.226 e.